The van der Waals surface area contributed by atoms with Gasteiger partial charge < -0.3 is 5.73 Å². The standard InChI is InChI=1S/C15H23BrN2/c1-2-5-12-8-9-18(11-12)15(10-17)13-6-3-4-7-14(13)16/h3-4,6-7,12,15H,2,5,8-11,17H2,1H3. The van der Waals surface area contributed by atoms with Gasteiger partial charge in [0.15, 0.2) is 0 Å². The Hall–Kier alpha value is -0.380. The molecule has 2 nitrogen and oxygen atoms in total. The van der Waals surface area contributed by atoms with E-state index < -0.39 is 0 Å². The Balaban J connectivity index is 2.08. The van der Waals surface area contributed by atoms with Gasteiger partial charge in [0, 0.05) is 23.6 Å². The second-order valence-electron chi connectivity index (χ2n) is 5.21. The summed E-state index contributed by atoms with van der Waals surface area (Å²) in [5.74, 6) is 0.867. The highest BCUT2D eigenvalue weighted by molar-refractivity contribution is 9.10. The first-order valence-electron chi connectivity index (χ1n) is 6.94. The number of halogens is 1. The van der Waals surface area contributed by atoms with Gasteiger partial charge in [0.2, 0.25) is 0 Å². The molecule has 2 N–H and O–H groups in total. The quantitative estimate of drug-likeness (QED) is 0.901. The predicted molar refractivity (Wildman–Crippen MR) is 80.5 cm³/mol. The molecule has 2 unspecified atom stereocenters. The van der Waals surface area contributed by atoms with Crippen molar-refractivity contribution in [1.29, 1.82) is 0 Å². The number of rotatable bonds is 5. The fourth-order valence-electron chi connectivity index (χ4n) is 3.01. The van der Waals surface area contributed by atoms with Gasteiger partial charge in [-0.3, -0.25) is 4.90 Å². The normalized spacial score (nSPS) is 22.3. The first-order valence-corrected chi connectivity index (χ1v) is 7.74. The third kappa shape index (κ3) is 3.14. The van der Waals surface area contributed by atoms with E-state index in [9.17, 15) is 0 Å². The molecule has 1 aliphatic heterocycles. The molecule has 0 aliphatic carbocycles. The molecular formula is C15H23BrN2. The molecule has 1 aromatic carbocycles. The summed E-state index contributed by atoms with van der Waals surface area (Å²) < 4.78 is 1.18. The number of benzene rings is 1. The zero-order valence-corrected chi connectivity index (χ0v) is 12.7. The fourth-order valence-corrected chi connectivity index (χ4v) is 3.56. The summed E-state index contributed by atoms with van der Waals surface area (Å²) in [5, 5.41) is 0. The molecule has 0 bridgehead atoms. The van der Waals surface area contributed by atoms with Crippen LogP contribution in [0.2, 0.25) is 0 Å². The summed E-state index contributed by atoms with van der Waals surface area (Å²) >= 11 is 3.65. The van der Waals surface area contributed by atoms with Crippen LogP contribution in [0.5, 0.6) is 0 Å². The SMILES string of the molecule is CCCC1CCN(C(CN)c2ccccc2Br)C1. The Labute approximate surface area is 119 Å². The predicted octanol–water partition coefficient (Wildman–Crippen LogP) is 3.57. The lowest BCUT2D eigenvalue weighted by molar-refractivity contribution is 0.239. The molecule has 1 fully saturated rings. The van der Waals surface area contributed by atoms with E-state index in [2.05, 4.69) is 52.0 Å². The van der Waals surface area contributed by atoms with Crippen molar-refractivity contribution in [2.24, 2.45) is 11.7 Å². The highest BCUT2D eigenvalue weighted by Gasteiger charge is 2.28. The van der Waals surface area contributed by atoms with Gasteiger partial charge in [0.05, 0.1) is 0 Å². The van der Waals surface area contributed by atoms with Crippen molar-refractivity contribution in [2.75, 3.05) is 19.6 Å². The summed E-state index contributed by atoms with van der Waals surface area (Å²) in [6.45, 7) is 5.36. The molecular weight excluding hydrogens is 288 g/mol. The molecule has 18 heavy (non-hydrogen) atoms. The molecule has 0 aromatic heterocycles. The average molecular weight is 311 g/mol. The molecule has 1 aliphatic rings. The number of hydrogen-bond acceptors (Lipinski definition) is 2. The molecule has 0 saturated carbocycles. The van der Waals surface area contributed by atoms with E-state index in [1.807, 2.05) is 0 Å². The molecule has 0 radical (unpaired) electrons. The third-order valence-electron chi connectivity index (χ3n) is 3.94. The minimum atomic E-state index is 0.363. The molecule has 3 heteroatoms. The highest BCUT2D eigenvalue weighted by Crippen LogP contribution is 2.32. The van der Waals surface area contributed by atoms with Gasteiger partial charge in [-0.15, -0.1) is 0 Å². The van der Waals surface area contributed by atoms with Crippen LogP contribution >= 0.6 is 15.9 Å². The van der Waals surface area contributed by atoms with E-state index in [0.29, 0.717) is 12.6 Å². The minimum Gasteiger partial charge on any atom is -0.329 e. The van der Waals surface area contributed by atoms with Crippen LogP contribution in [0.25, 0.3) is 0 Å². The second kappa shape index (κ2) is 6.69. The van der Waals surface area contributed by atoms with E-state index in [0.717, 1.165) is 5.92 Å². The smallest absolute Gasteiger partial charge is 0.0481 e. The van der Waals surface area contributed by atoms with Crippen molar-refractivity contribution in [1.82, 2.24) is 4.90 Å². The van der Waals surface area contributed by atoms with Gasteiger partial charge in [-0.1, -0.05) is 47.5 Å². The molecule has 2 rings (SSSR count). The van der Waals surface area contributed by atoms with Crippen LogP contribution < -0.4 is 5.73 Å². The van der Waals surface area contributed by atoms with Crippen molar-refractivity contribution < 1.29 is 0 Å². The van der Waals surface area contributed by atoms with Gasteiger partial charge in [0.1, 0.15) is 0 Å². The van der Waals surface area contributed by atoms with Crippen molar-refractivity contribution in [3.8, 4) is 0 Å². The zero-order valence-electron chi connectivity index (χ0n) is 11.1. The number of nitrogens with two attached hydrogens (primary N) is 1. The lowest BCUT2D eigenvalue weighted by Crippen LogP contribution is -2.32. The Bertz CT molecular complexity index is 381. The largest absolute Gasteiger partial charge is 0.329 e. The monoisotopic (exact) mass is 310 g/mol. The van der Waals surface area contributed by atoms with Gasteiger partial charge in [0.25, 0.3) is 0 Å². The van der Waals surface area contributed by atoms with E-state index in [4.69, 9.17) is 5.73 Å². The van der Waals surface area contributed by atoms with E-state index in [1.54, 1.807) is 0 Å². The van der Waals surface area contributed by atoms with Gasteiger partial charge in [-0.25, -0.2) is 0 Å². The molecule has 100 valence electrons. The topological polar surface area (TPSA) is 29.3 Å². The van der Waals surface area contributed by atoms with Crippen molar-refractivity contribution in [3.05, 3.63) is 34.3 Å². The first-order chi connectivity index (χ1) is 8.76. The van der Waals surface area contributed by atoms with Gasteiger partial charge in [-0.2, -0.15) is 0 Å². The number of likely N-dealkylation sites (tertiary alicyclic amines) is 1. The fraction of sp³-hybridized carbons (Fsp3) is 0.600. The maximum absolute atomic E-state index is 6.01. The van der Waals surface area contributed by atoms with E-state index in [1.165, 1.54) is 42.4 Å². The van der Waals surface area contributed by atoms with E-state index in [-0.39, 0.29) is 0 Å². The lowest BCUT2D eigenvalue weighted by atomic mass is 10.0. The minimum absolute atomic E-state index is 0.363. The Morgan fingerprint density at radius 2 is 2.22 bits per heavy atom. The molecule has 1 heterocycles. The summed E-state index contributed by atoms with van der Waals surface area (Å²) in [4.78, 5) is 2.56. The van der Waals surface area contributed by atoms with Crippen LogP contribution in [0.4, 0.5) is 0 Å². The molecule has 1 aromatic rings. The van der Waals surface area contributed by atoms with Crippen molar-refractivity contribution >= 4 is 15.9 Å². The van der Waals surface area contributed by atoms with Gasteiger partial charge >= 0.3 is 0 Å². The summed E-state index contributed by atoms with van der Waals surface area (Å²) in [7, 11) is 0. The Kier molecular flexibility index (Phi) is 5.22. The van der Waals surface area contributed by atoms with E-state index >= 15 is 0 Å². The average Bonchev–Trinajstić information content (AvgIpc) is 2.82. The number of nitrogens with zero attached hydrogens (tertiary/aromatic N) is 1. The summed E-state index contributed by atoms with van der Waals surface area (Å²) in [6.07, 6.45) is 3.97. The van der Waals surface area contributed by atoms with Crippen LogP contribution in [0.3, 0.4) is 0 Å². The molecule has 1 saturated heterocycles. The Morgan fingerprint density at radius 1 is 1.44 bits per heavy atom. The summed E-state index contributed by atoms with van der Waals surface area (Å²) in [5.41, 5.74) is 7.34. The van der Waals surface area contributed by atoms with Crippen LogP contribution in [0.15, 0.2) is 28.7 Å². The zero-order chi connectivity index (χ0) is 13.0. The first kappa shape index (κ1) is 14.0. The lowest BCUT2D eigenvalue weighted by Gasteiger charge is -2.28. The third-order valence-corrected chi connectivity index (χ3v) is 4.66. The van der Waals surface area contributed by atoms with Crippen LogP contribution in [0.1, 0.15) is 37.8 Å². The van der Waals surface area contributed by atoms with Crippen LogP contribution in [-0.4, -0.2) is 24.5 Å². The van der Waals surface area contributed by atoms with Crippen LogP contribution in [-0.2, 0) is 0 Å². The molecule has 2 atom stereocenters. The Morgan fingerprint density at radius 3 is 2.89 bits per heavy atom. The number of hydrogen-bond donors (Lipinski definition) is 1. The van der Waals surface area contributed by atoms with Crippen molar-refractivity contribution in [3.63, 3.8) is 0 Å². The van der Waals surface area contributed by atoms with Crippen molar-refractivity contribution in [2.45, 2.75) is 32.2 Å². The molecule has 0 amide bonds. The maximum atomic E-state index is 6.01. The highest BCUT2D eigenvalue weighted by atomic mass is 79.9. The van der Waals surface area contributed by atoms with Crippen LogP contribution in [0, 0.1) is 5.92 Å². The maximum Gasteiger partial charge on any atom is 0.0481 e. The molecule has 0 spiro atoms. The second-order valence-corrected chi connectivity index (χ2v) is 6.07. The summed E-state index contributed by atoms with van der Waals surface area (Å²) in [6, 6.07) is 8.82. The van der Waals surface area contributed by atoms with Gasteiger partial charge in [-0.05, 0) is 36.9 Å².